The molecule has 0 radical (unpaired) electrons. The number of aliphatic hydroxyl groups excluding tert-OH is 4. The molecule has 5 aliphatic rings. The third kappa shape index (κ3) is 6.05. The molecule has 0 aromatic heterocycles. The molecule has 4 aliphatic heterocycles. The van der Waals surface area contributed by atoms with Gasteiger partial charge < -0.3 is 49.6 Å². The number of aliphatic imine (C=N–C) groups is 3. The maximum absolute atomic E-state index is 14.3. The van der Waals surface area contributed by atoms with Gasteiger partial charge in [-0.25, -0.2) is 14.9 Å². The van der Waals surface area contributed by atoms with Gasteiger partial charge in [0.25, 0.3) is 5.84 Å². The van der Waals surface area contributed by atoms with E-state index in [0.717, 1.165) is 0 Å². The summed E-state index contributed by atoms with van der Waals surface area (Å²) in [5.41, 5.74) is -0.813. The number of ketones is 2. The number of carbonyl (C=O) groups is 2. The van der Waals surface area contributed by atoms with Gasteiger partial charge in [0.2, 0.25) is 12.2 Å². The Kier molecular flexibility index (Phi) is 9.64. The predicted octanol–water partition coefficient (Wildman–Crippen LogP) is -1.64. The molecule has 55 heavy (non-hydrogen) atoms. The lowest BCUT2D eigenvalue weighted by atomic mass is 9.79. The molecule has 1 fully saturated rings. The quantitative estimate of drug-likeness (QED) is 0.112. The van der Waals surface area contributed by atoms with Gasteiger partial charge in [-0.15, -0.1) is 0 Å². The number of fused-ring (bicyclic) bond motifs is 6. The van der Waals surface area contributed by atoms with Crippen molar-refractivity contribution in [2.24, 2.45) is 15.0 Å². The van der Waals surface area contributed by atoms with E-state index in [0.29, 0.717) is 16.2 Å². The van der Waals surface area contributed by atoms with E-state index in [9.17, 15) is 40.2 Å². The highest BCUT2D eigenvalue weighted by Gasteiger charge is 2.57. The first-order valence-electron chi connectivity index (χ1n) is 17.7. The highest BCUT2D eigenvalue weighted by Crippen LogP contribution is 2.49. The number of aliphatic hydroxyl groups is 5. The van der Waals surface area contributed by atoms with Crippen molar-refractivity contribution in [1.29, 1.82) is 5.41 Å². The maximum Gasteiger partial charge on any atom is 0.262 e. The molecule has 0 saturated carbocycles. The summed E-state index contributed by atoms with van der Waals surface area (Å²) in [6, 6.07) is 15.0. The average Bonchev–Trinajstić information content (AvgIpc) is 3.60. The van der Waals surface area contributed by atoms with Crippen molar-refractivity contribution in [2.45, 2.75) is 49.0 Å². The van der Waals surface area contributed by atoms with Crippen LogP contribution in [0.1, 0.15) is 61.7 Å². The number of ether oxygens (including phenoxy) is 4. The van der Waals surface area contributed by atoms with Crippen LogP contribution >= 0.6 is 0 Å². The van der Waals surface area contributed by atoms with Gasteiger partial charge in [-0.3, -0.25) is 15.0 Å². The number of benzene rings is 3. The van der Waals surface area contributed by atoms with E-state index in [-0.39, 0.29) is 83.8 Å². The average molecular weight is 756 g/mol. The van der Waals surface area contributed by atoms with E-state index in [1.54, 1.807) is 36.4 Å². The molecular weight excluding hydrogens is 718 g/mol. The van der Waals surface area contributed by atoms with Gasteiger partial charge in [-0.2, -0.15) is 4.99 Å². The van der Waals surface area contributed by atoms with Crippen LogP contribution in [0, 0.1) is 5.41 Å². The lowest BCUT2D eigenvalue weighted by molar-refractivity contribution is -0.723. The Morgan fingerprint density at radius 3 is 2.49 bits per heavy atom. The van der Waals surface area contributed by atoms with Crippen molar-refractivity contribution in [3.05, 3.63) is 88.0 Å². The van der Waals surface area contributed by atoms with E-state index in [2.05, 4.69) is 15.0 Å². The zero-order valence-electron chi connectivity index (χ0n) is 29.2. The molecule has 7 atom stereocenters. The van der Waals surface area contributed by atoms with Crippen LogP contribution in [0.4, 0.5) is 5.69 Å². The first-order chi connectivity index (χ1) is 26.6. The summed E-state index contributed by atoms with van der Waals surface area (Å²) in [6.45, 7) is -1.66. The minimum atomic E-state index is -2.41. The molecule has 3 aromatic carbocycles. The first-order valence-corrected chi connectivity index (χ1v) is 17.7. The standard InChI is InChI=1S/C38H37N5O12/c39-37-41-34-27(35(50)42-37)40-17-43(34)24-8-4-3-5-19(24)18-9-13-52-16-25-30(48)33(49)38(51,10-11-44)36(54-25)55-31-22(18)15-23-26(32(31)53-14-12-45)29(47)21-7-2-1-6-20(21)28(23)46/h1-8,15,18,25,30,33,36,44-45,48-49,51H,9-14,16-17H2,(H2,39,42,50). The van der Waals surface area contributed by atoms with Crippen LogP contribution in [0.5, 0.6) is 11.5 Å². The molecule has 0 spiro atoms. The molecule has 0 amide bonds. The van der Waals surface area contributed by atoms with Crippen molar-refractivity contribution >= 4 is 40.7 Å². The summed E-state index contributed by atoms with van der Waals surface area (Å²) in [7, 11) is 0. The van der Waals surface area contributed by atoms with Gasteiger partial charge in [0, 0.05) is 59.3 Å². The van der Waals surface area contributed by atoms with Crippen LogP contribution in [0.15, 0.2) is 69.6 Å². The first kappa shape index (κ1) is 36.7. The summed E-state index contributed by atoms with van der Waals surface area (Å²) >= 11 is 0. The summed E-state index contributed by atoms with van der Waals surface area (Å²) in [5, 5.41) is 74.9. The fourth-order valence-electron chi connectivity index (χ4n) is 7.89. The van der Waals surface area contributed by atoms with Crippen molar-refractivity contribution in [3.63, 3.8) is 0 Å². The van der Waals surface area contributed by atoms with Crippen molar-refractivity contribution < 1.29 is 64.1 Å². The second-order valence-electron chi connectivity index (χ2n) is 13.7. The number of nitrogens with one attached hydrogen (secondary N) is 2. The number of rotatable bonds is 7. The molecule has 3 aromatic rings. The van der Waals surface area contributed by atoms with Crippen molar-refractivity contribution in [2.75, 3.05) is 39.7 Å². The van der Waals surface area contributed by atoms with E-state index in [4.69, 9.17) is 24.4 Å². The molecule has 17 heteroatoms. The van der Waals surface area contributed by atoms with Crippen LogP contribution < -0.4 is 19.5 Å². The lowest BCUT2D eigenvalue weighted by Crippen LogP contribution is -3.09. The summed E-state index contributed by atoms with van der Waals surface area (Å²) in [4.78, 5) is 41.4. The van der Waals surface area contributed by atoms with Crippen molar-refractivity contribution in [3.8, 4) is 11.5 Å². The number of nitrogens with zero attached hydrogens (tertiary/aromatic N) is 3. The lowest BCUT2D eigenvalue weighted by Gasteiger charge is -2.47. The third-order valence-corrected chi connectivity index (χ3v) is 10.6. The number of hydrogen-bond donors (Lipinski definition) is 7. The summed E-state index contributed by atoms with van der Waals surface area (Å²) in [6.07, 6.45) is -6.88. The predicted molar refractivity (Wildman–Crippen MR) is 190 cm³/mol. The van der Waals surface area contributed by atoms with Gasteiger partial charge in [0.1, 0.15) is 30.6 Å². The molecule has 286 valence electrons. The number of guanidine groups is 1. The van der Waals surface area contributed by atoms with Crippen LogP contribution in [0.25, 0.3) is 0 Å². The minimum absolute atomic E-state index is 0.0165. The Morgan fingerprint density at radius 1 is 0.982 bits per heavy atom. The van der Waals surface area contributed by atoms with Gasteiger partial charge in [0.15, 0.2) is 41.0 Å². The van der Waals surface area contributed by atoms with Gasteiger partial charge in [0.05, 0.1) is 18.8 Å². The van der Waals surface area contributed by atoms with Gasteiger partial charge in [-0.05, 0) is 18.6 Å². The molecule has 1 aliphatic carbocycles. The van der Waals surface area contributed by atoms with Gasteiger partial charge >= 0.3 is 0 Å². The highest BCUT2D eigenvalue weighted by molar-refractivity contribution is 6.66. The largest absolute Gasteiger partial charge is 0.857 e. The smallest absolute Gasteiger partial charge is 0.262 e. The SMILES string of the molecule is N=C1N=C([O-])C2=NC[NH+](c3ccccc3C3CCOCC4OC(Oc5c3cc3c(c5OCCO)C(=O)c5ccccc5C3=O)C(O)(CCO)C(O)C4O)C2=N1. The van der Waals surface area contributed by atoms with E-state index in [1.165, 1.54) is 12.1 Å². The second-order valence-corrected chi connectivity index (χ2v) is 13.7. The number of quaternary nitrogens is 1. The molecule has 8 rings (SSSR count). The minimum Gasteiger partial charge on any atom is -0.857 e. The van der Waals surface area contributed by atoms with Crippen molar-refractivity contribution in [1.82, 2.24) is 0 Å². The van der Waals surface area contributed by atoms with E-state index >= 15 is 0 Å². The maximum atomic E-state index is 14.3. The fourth-order valence-corrected chi connectivity index (χ4v) is 7.89. The molecule has 1 saturated heterocycles. The molecule has 7 N–H and O–H groups in total. The monoisotopic (exact) mass is 755 g/mol. The zero-order chi connectivity index (χ0) is 38.6. The van der Waals surface area contributed by atoms with E-state index in [1.807, 2.05) is 6.07 Å². The zero-order valence-corrected chi connectivity index (χ0v) is 29.2. The number of amidine groups is 1. The third-order valence-electron chi connectivity index (χ3n) is 10.6. The van der Waals surface area contributed by atoms with Crippen LogP contribution in [0.3, 0.4) is 0 Å². The molecule has 7 unspecified atom stereocenters. The topological polar surface area (TPSA) is 261 Å². The molecule has 17 nitrogen and oxygen atoms in total. The Labute approximate surface area is 312 Å². The number of hydrogen-bond acceptors (Lipinski definition) is 14. The van der Waals surface area contributed by atoms with Crippen LogP contribution in [-0.2, 0) is 9.47 Å². The molecule has 2 bridgehead atoms. The summed E-state index contributed by atoms with van der Waals surface area (Å²) in [5.74, 6) is -3.17. The van der Waals surface area contributed by atoms with Crippen LogP contribution in [0.2, 0.25) is 0 Å². The fraction of sp³-hybridized carbons (Fsp3) is 0.368. The highest BCUT2D eigenvalue weighted by atomic mass is 16.7. The van der Waals surface area contributed by atoms with Crippen LogP contribution in [-0.4, -0.2) is 130 Å². The summed E-state index contributed by atoms with van der Waals surface area (Å²) < 4.78 is 24.8. The molecule has 4 heterocycles. The van der Waals surface area contributed by atoms with E-state index < -0.39 is 79.2 Å². The Balaban J connectivity index is 1.38. The normalized spacial score (nSPS) is 28.7. The Hall–Kier alpha value is -5.24. The number of para-hydroxylation sites is 1. The Bertz CT molecular complexity index is 2190. The van der Waals surface area contributed by atoms with Gasteiger partial charge in [-0.1, -0.05) is 42.5 Å². The second kappa shape index (κ2) is 14.4. The Morgan fingerprint density at radius 2 is 1.73 bits per heavy atom. The molecular formula is C38H37N5O12. The number of carbonyl (C=O) groups excluding carboxylic acids is 2.